The molecule has 0 rings (SSSR count). The van der Waals surface area contributed by atoms with Crippen LogP contribution in [0.5, 0.6) is 0 Å². The lowest BCUT2D eigenvalue weighted by molar-refractivity contribution is 0.00937. The van der Waals surface area contributed by atoms with Crippen LogP contribution in [0.4, 0.5) is 13.6 Å². The molecule has 0 radical (unpaired) electrons. The number of aliphatic imine (C=N–C) groups is 1. The van der Waals surface area contributed by atoms with Crippen molar-refractivity contribution in [2.24, 2.45) is 4.99 Å². The van der Waals surface area contributed by atoms with E-state index in [0.29, 0.717) is 0 Å². The first kappa shape index (κ1) is 13.6. The van der Waals surface area contributed by atoms with E-state index in [9.17, 15) is 13.6 Å². The van der Waals surface area contributed by atoms with Gasteiger partial charge in [0.05, 0.1) is 6.61 Å². The van der Waals surface area contributed by atoms with E-state index in [1.54, 1.807) is 19.4 Å². The second-order valence-electron chi connectivity index (χ2n) is 2.17. The van der Waals surface area contributed by atoms with Gasteiger partial charge in [-0.15, -0.1) is 0 Å². The Labute approximate surface area is 85.6 Å². The number of amidine groups is 1. The summed E-state index contributed by atoms with van der Waals surface area (Å²) in [6.07, 6.45) is -3.79. The van der Waals surface area contributed by atoms with Crippen molar-refractivity contribution in [3.63, 3.8) is 0 Å². The minimum absolute atomic E-state index is 0.130. The summed E-state index contributed by atoms with van der Waals surface area (Å²) in [5.41, 5.74) is 3.74. The third-order valence-corrected chi connectivity index (χ3v) is 1.11. The van der Waals surface area contributed by atoms with Gasteiger partial charge in [0, 0.05) is 6.54 Å². The molecule has 0 spiro atoms. The van der Waals surface area contributed by atoms with Crippen molar-refractivity contribution in [1.82, 2.24) is 11.0 Å². The van der Waals surface area contributed by atoms with E-state index in [1.165, 1.54) is 0 Å². The van der Waals surface area contributed by atoms with Crippen LogP contribution in [0.3, 0.4) is 0 Å². The second-order valence-corrected chi connectivity index (χ2v) is 2.17. The Morgan fingerprint density at radius 3 is 2.60 bits per heavy atom. The third kappa shape index (κ3) is 6.61. The Balaban J connectivity index is 3.81. The fourth-order valence-electron chi connectivity index (χ4n) is 0.600. The summed E-state index contributed by atoms with van der Waals surface area (Å²) >= 11 is 0. The molecule has 15 heavy (non-hydrogen) atoms. The van der Waals surface area contributed by atoms with Crippen molar-refractivity contribution >= 4 is 12.0 Å². The first-order chi connectivity index (χ1) is 7.11. The number of rotatable bonds is 5. The van der Waals surface area contributed by atoms with Gasteiger partial charge in [0.15, 0.2) is 5.84 Å². The summed E-state index contributed by atoms with van der Waals surface area (Å²) < 4.78 is 28.7. The number of hydrogen-bond acceptors (Lipinski definition) is 5. The monoisotopic (exact) mass is 225 g/mol. The lowest BCUT2D eigenvalue weighted by atomic mass is 10.6. The molecule has 0 saturated heterocycles. The normalized spacial score (nSPS) is 11.4. The Bertz CT molecular complexity index is 224. The number of nitrogens with zero attached hydrogens (tertiary/aromatic N) is 1. The Hall–Kier alpha value is -1.44. The average molecular weight is 225 g/mol. The zero-order chi connectivity index (χ0) is 11.7. The summed E-state index contributed by atoms with van der Waals surface area (Å²) in [7, 11) is 0. The molecule has 0 bridgehead atoms. The maximum absolute atomic E-state index is 12.2. The lowest BCUT2D eigenvalue weighted by Gasteiger charge is -2.09. The van der Waals surface area contributed by atoms with Crippen LogP contribution in [0.25, 0.3) is 0 Å². The predicted molar refractivity (Wildman–Crippen MR) is 48.4 cm³/mol. The summed E-state index contributed by atoms with van der Waals surface area (Å²) in [6.45, 7) is 3.49. The molecule has 0 heterocycles. The average Bonchev–Trinajstić information content (AvgIpc) is 2.16. The van der Waals surface area contributed by atoms with Crippen LogP contribution < -0.4 is 11.0 Å². The molecule has 6 nitrogen and oxygen atoms in total. The summed E-state index contributed by atoms with van der Waals surface area (Å²) in [6, 6.07) is 0. The second kappa shape index (κ2) is 7.92. The van der Waals surface area contributed by atoms with Crippen LogP contribution in [-0.2, 0) is 9.57 Å². The molecule has 0 fully saturated rings. The van der Waals surface area contributed by atoms with E-state index in [-0.39, 0.29) is 13.2 Å². The predicted octanol–water partition coefficient (Wildman–Crippen LogP) is 0.852. The van der Waals surface area contributed by atoms with Gasteiger partial charge in [-0.3, -0.25) is 10.4 Å². The maximum Gasteiger partial charge on any atom is 0.529 e. The lowest BCUT2D eigenvalue weighted by Crippen LogP contribution is -2.42. The Morgan fingerprint density at radius 1 is 1.47 bits per heavy atom. The number of ether oxygens (including phenoxy) is 1. The Kier molecular flexibility index (Phi) is 7.16. The van der Waals surface area contributed by atoms with Gasteiger partial charge in [0.25, 0.3) is 6.43 Å². The largest absolute Gasteiger partial charge is 0.529 e. The zero-order valence-corrected chi connectivity index (χ0v) is 8.42. The number of hydrazine groups is 1. The minimum atomic E-state index is -2.77. The highest BCUT2D eigenvalue weighted by molar-refractivity contribution is 5.84. The minimum Gasteiger partial charge on any atom is -0.433 e. The molecule has 8 heteroatoms. The highest BCUT2D eigenvalue weighted by Gasteiger charge is 2.12. The van der Waals surface area contributed by atoms with Crippen LogP contribution in [0.15, 0.2) is 4.99 Å². The van der Waals surface area contributed by atoms with E-state index in [4.69, 9.17) is 0 Å². The smallest absolute Gasteiger partial charge is 0.433 e. The number of hydrogen-bond donors (Lipinski definition) is 2. The van der Waals surface area contributed by atoms with Gasteiger partial charge >= 0.3 is 6.16 Å². The van der Waals surface area contributed by atoms with Gasteiger partial charge in [0.2, 0.25) is 0 Å². The van der Waals surface area contributed by atoms with Crippen molar-refractivity contribution in [1.29, 1.82) is 0 Å². The fraction of sp³-hybridized carbons (Fsp3) is 0.714. The molecule has 0 saturated carbocycles. The fourth-order valence-corrected chi connectivity index (χ4v) is 0.600. The van der Waals surface area contributed by atoms with E-state index in [1.807, 2.05) is 5.43 Å². The zero-order valence-electron chi connectivity index (χ0n) is 8.42. The standard InChI is InChI=1S/C7H13F2N3O3/c1-3-10-6(5(8)9)11-12-15-7(13)14-4-2/h5,12H,3-4H2,1-2H3,(H,10,11). The van der Waals surface area contributed by atoms with E-state index in [2.05, 4.69) is 14.6 Å². The topological polar surface area (TPSA) is 72.0 Å². The molecule has 0 aliphatic heterocycles. The van der Waals surface area contributed by atoms with Gasteiger partial charge < -0.3 is 9.57 Å². The van der Waals surface area contributed by atoms with Gasteiger partial charge in [0.1, 0.15) is 0 Å². The molecule has 88 valence electrons. The van der Waals surface area contributed by atoms with Gasteiger partial charge in [-0.2, -0.15) is 0 Å². The summed E-state index contributed by atoms with van der Waals surface area (Å²) in [5.74, 6) is -0.609. The van der Waals surface area contributed by atoms with Crippen molar-refractivity contribution in [2.75, 3.05) is 13.2 Å². The highest BCUT2D eigenvalue weighted by Crippen LogP contribution is 1.93. The molecule has 0 aliphatic rings. The SMILES string of the molecule is CCN=C(NNOC(=O)OCC)C(F)F. The van der Waals surface area contributed by atoms with Crippen molar-refractivity contribution in [3.8, 4) is 0 Å². The van der Waals surface area contributed by atoms with Crippen LogP contribution in [0, 0.1) is 0 Å². The molecular weight excluding hydrogens is 212 g/mol. The van der Waals surface area contributed by atoms with E-state index >= 15 is 0 Å². The third-order valence-electron chi connectivity index (χ3n) is 1.11. The number of halogens is 2. The Morgan fingerprint density at radius 2 is 2.13 bits per heavy atom. The number of carbonyl (C=O) groups is 1. The van der Waals surface area contributed by atoms with Gasteiger partial charge in [-0.25, -0.2) is 13.6 Å². The summed E-state index contributed by atoms with van der Waals surface area (Å²) in [4.78, 5) is 18.2. The van der Waals surface area contributed by atoms with Gasteiger partial charge in [-0.1, -0.05) is 5.59 Å². The van der Waals surface area contributed by atoms with E-state index in [0.717, 1.165) is 0 Å². The first-order valence-corrected chi connectivity index (χ1v) is 4.28. The molecule has 0 aliphatic carbocycles. The van der Waals surface area contributed by atoms with Crippen LogP contribution in [0.1, 0.15) is 13.8 Å². The first-order valence-electron chi connectivity index (χ1n) is 4.28. The van der Waals surface area contributed by atoms with Crippen molar-refractivity contribution < 1.29 is 23.1 Å². The quantitative estimate of drug-likeness (QED) is 0.314. The van der Waals surface area contributed by atoms with Crippen LogP contribution in [-0.4, -0.2) is 31.6 Å². The number of carbonyl (C=O) groups excluding carboxylic acids is 1. The molecular formula is C7H13F2N3O3. The molecule has 0 aromatic rings. The van der Waals surface area contributed by atoms with Crippen LogP contribution in [0.2, 0.25) is 0 Å². The maximum atomic E-state index is 12.2. The van der Waals surface area contributed by atoms with Crippen molar-refractivity contribution in [2.45, 2.75) is 20.3 Å². The molecule has 2 N–H and O–H groups in total. The highest BCUT2D eigenvalue weighted by atomic mass is 19.3. The van der Waals surface area contributed by atoms with Gasteiger partial charge in [-0.05, 0) is 13.8 Å². The molecule has 0 unspecified atom stereocenters. The van der Waals surface area contributed by atoms with Crippen molar-refractivity contribution in [3.05, 3.63) is 0 Å². The van der Waals surface area contributed by atoms with Crippen LogP contribution >= 0.6 is 0 Å². The van der Waals surface area contributed by atoms with E-state index < -0.39 is 18.4 Å². The number of alkyl halides is 2. The molecule has 0 aromatic heterocycles. The summed E-state index contributed by atoms with van der Waals surface area (Å²) in [5, 5.41) is 0. The molecule has 0 atom stereocenters. The molecule has 0 aromatic carbocycles. The number of nitrogens with one attached hydrogen (secondary N) is 2. The molecule has 0 amide bonds.